The van der Waals surface area contributed by atoms with Gasteiger partial charge < -0.3 is 10.4 Å². The number of aromatic nitrogens is 2. The third kappa shape index (κ3) is 5.11. The largest absolute Gasteiger partial charge is 0.480 e. The van der Waals surface area contributed by atoms with Gasteiger partial charge in [0, 0.05) is 31.6 Å². The molecule has 26 heavy (non-hydrogen) atoms. The van der Waals surface area contributed by atoms with Crippen LogP contribution in [0, 0.1) is 18.6 Å². The highest BCUT2D eigenvalue weighted by atomic mass is 19.1. The van der Waals surface area contributed by atoms with Crippen molar-refractivity contribution in [2.24, 2.45) is 7.05 Å². The van der Waals surface area contributed by atoms with Gasteiger partial charge in [0.25, 0.3) is 0 Å². The van der Waals surface area contributed by atoms with Crippen LogP contribution in [0.1, 0.15) is 29.7 Å². The number of nitrogens with one attached hydrogen (secondary N) is 1. The van der Waals surface area contributed by atoms with Gasteiger partial charge in [-0.2, -0.15) is 5.10 Å². The van der Waals surface area contributed by atoms with Crippen LogP contribution in [-0.4, -0.2) is 32.8 Å². The lowest BCUT2D eigenvalue weighted by Gasteiger charge is -2.14. The second kappa shape index (κ2) is 8.55. The SMILES string of the molecule is Cc1nn(C)cc1CC(NC(=O)CCCc1c(F)cccc1F)C(=O)O. The van der Waals surface area contributed by atoms with Crippen molar-refractivity contribution >= 4 is 11.9 Å². The minimum absolute atomic E-state index is 0.0242. The topological polar surface area (TPSA) is 84.2 Å². The number of carboxylic acids is 1. The standard InChI is InChI=1S/C18H21F2N3O3/c1-11-12(10-23(2)22-11)9-16(18(25)26)21-17(24)8-3-5-13-14(19)6-4-7-15(13)20/h4,6-7,10,16H,3,5,8-9H2,1-2H3,(H,21,24)(H,25,26). The van der Waals surface area contributed by atoms with E-state index in [-0.39, 0.29) is 31.2 Å². The lowest BCUT2D eigenvalue weighted by atomic mass is 10.1. The lowest BCUT2D eigenvalue weighted by Crippen LogP contribution is -2.42. The molecule has 0 radical (unpaired) electrons. The molecule has 6 nitrogen and oxygen atoms in total. The number of hydrogen-bond acceptors (Lipinski definition) is 3. The van der Waals surface area contributed by atoms with Gasteiger partial charge in [-0.25, -0.2) is 13.6 Å². The Morgan fingerprint density at radius 1 is 1.31 bits per heavy atom. The molecule has 140 valence electrons. The van der Waals surface area contributed by atoms with Crippen molar-refractivity contribution in [2.45, 2.75) is 38.6 Å². The van der Waals surface area contributed by atoms with Crippen LogP contribution < -0.4 is 5.32 Å². The summed E-state index contributed by atoms with van der Waals surface area (Å²) in [6.07, 6.45) is 2.07. The van der Waals surface area contributed by atoms with E-state index < -0.39 is 29.6 Å². The summed E-state index contributed by atoms with van der Waals surface area (Å²) in [6, 6.07) is 2.51. The summed E-state index contributed by atoms with van der Waals surface area (Å²) in [5.41, 5.74) is 1.36. The molecule has 0 aliphatic carbocycles. The number of amides is 1. The third-order valence-electron chi connectivity index (χ3n) is 4.06. The normalized spacial score (nSPS) is 12.0. The average Bonchev–Trinajstić information content (AvgIpc) is 2.87. The van der Waals surface area contributed by atoms with Crippen molar-refractivity contribution in [3.8, 4) is 0 Å². The van der Waals surface area contributed by atoms with E-state index in [0.29, 0.717) is 5.69 Å². The molecular weight excluding hydrogens is 344 g/mol. The molecule has 0 saturated carbocycles. The van der Waals surface area contributed by atoms with E-state index in [0.717, 1.165) is 17.7 Å². The summed E-state index contributed by atoms with van der Waals surface area (Å²) in [5, 5.41) is 15.9. The number of benzene rings is 1. The molecule has 0 saturated heterocycles. The van der Waals surface area contributed by atoms with Crippen LogP contribution in [0.15, 0.2) is 24.4 Å². The summed E-state index contributed by atoms with van der Waals surface area (Å²) in [7, 11) is 1.73. The number of rotatable bonds is 8. The molecule has 2 N–H and O–H groups in total. The van der Waals surface area contributed by atoms with Gasteiger partial charge in [0.05, 0.1) is 5.69 Å². The minimum Gasteiger partial charge on any atom is -0.480 e. The molecule has 1 amide bonds. The van der Waals surface area contributed by atoms with Gasteiger partial charge in [-0.15, -0.1) is 0 Å². The van der Waals surface area contributed by atoms with Gasteiger partial charge in [0.2, 0.25) is 5.91 Å². The van der Waals surface area contributed by atoms with Gasteiger partial charge >= 0.3 is 5.97 Å². The molecule has 0 bridgehead atoms. The highest BCUT2D eigenvalue weighted by Crippen LogP contribution is 2.15. The van der Waals surface area contributed by atoms with Gasteiger partial charge in [0.1, 0.15) is 17.7 Å². The van der Waals surface area contributed by atoms with Gasteiger partial charge in [-0.05, 0) is 37.5 Å². The Hall–Kier alpha value is -2.77. The first-order chi connectivity index (χ1) is 12.3. The van der Waals surface area contributed by atoms with Crippen molar-refractivity contribution in [3.63, 3.8) is 0 Å². The zero-order valence-electron chi connectivity index (χ0n) is 14.6. The fourth-order valence-corrected chi connectivity index (χ4v) is 2.73. The second-order valence-corrected chi connectivity index (χ2v) is 6.13. The van der Waals surface area contributed by atoms with Crippen molar-refractivity contribution in [2.75, 3.05) is 0 Å². The van der Waals surface area contributed by atoms with E-state index in [1.54, 1.807) is 24.9 Å². The molecule has 1 atom stereocenters. The number of halogens is 2. The molecule has 0 fully saturated rings. The molecule has 8 heteroatoms. The van der Waals surface area contributed by atoms with Crippen molar-refractivity contribution < 1.29 is 23.5 Å². The molecule has 0 spiro atoms. The Balaban J connectivity index is 1.89. The lowest BCUT2D eigenvalue weighted by molar-refractivity contribution is -0.141. The molecule has 1 aromatic heterocycles. The maximum atomic E-state index is 13.5. The van der Waals surface area contributed by atoms with Crippen molar-refractivity contribution in [3.05, 3.63) is 52.9 Å². The highest BCUT2D eigenvalue weighted by molar-refractivity contribution is 5.83. The zero-order chi connectivity index (χ0) is 19.3. The van der Waals surface area contributed by atoms with Crippen LogP contribution in [0.4, 0.5) is 8.78 Å². The fourth-order valence-electron chi connectivity index (χ4n) is 2.73. The first kappa shape index (κ1) is 19.6. The molecular formula is C18H21F2N3O3. The Morgan fingerprint density at radius 3 is 2.50 bits per heavy atom. The van der Waals surface area contributed by atoms with Crippen LogP contribution in [0.2, 0.25) is 0 Å². The quantitative estimate of drug-likeness (QED) is 0.751. The van der Waals surface area contributed by atoms with E-state index in [1.165, 1.54) is 6.07 Å². The van der Waals surface area contributed by atoms with Crippen LogP contribution in [0.25, 0.3) is 0 Å². The zero-order valence-corrected chi connectivity index (χ0v) is 14.6. The summed E-state index contributed by atoms with van der Waals surface area (Å²) in [6.45, 7) is 1.76. The Morgan fingerprint density at radius 2 is 1.96 bits per heavy atom. The number of carbonyl (C=O) groups excluding carboxylic acids is 1. The Kier molecular flexibility index (Phi) is 6.43. The number of carbonyl (C=O) groups is 2. The molecule has 2 rings (SSSR count). The predicted molar refractivity (Wildman–Crippen MR) is 90.5 cm³/mol. The Bertz CT molecular complexity index is 785. The van der Waals surface area contributed by atoms with E-state index in [1.807, 2.05) is 0 Å². The van der Waals surface area contributed by atoms with Crippen LogP contribution in [0.5, 0.6) is 0 Å². The van der Waals surface area contributed by atoms with Gasteiger partial charge in [0.15, 0.2) is 0 Å². The predicted octanol–water partition coefficient (Wildman–Crippen LogP) is 2.14. The monoisotopic (exact) mass is 365 g/mol. The van der Waals surface area contributed by atoms with Crippen molar-refractivity contribution in [1.29, 1.82) is 0 Å². The van der Waals surface area contributed by atoms with Gasteiger partial charge in [-0.3, -0.25) is 9.48 Å². The first-order valence-electron chi connectivity index (χ1n) is 8.22. The second-order valence-electron chi connectivity index (χ2n) is 6.13. The summed E-state index contributed by atoms with van der Waals surface area (Å²) in [4.78, 5) is 23.4. The fraction of sp³-hybridized carbons (Fsp3) is 0.389. The smallest absolute Gasteiger partial charge is 0.326 e. The van der Waals surface area contributed by atoms with E-state index in [2.05, 4.69) is 10.4 Å². The molecule has 0 aliphatic heterocycles. The molecule has 1 unspecified atom stereocenters. The van der Waals surface area contributed by atoms with Crippen LogP contribution in [-0.2, 0) is 29.5 Å². The highest BCUT2D eigenvalue weighted by Gasteiger charge is 2.22. The summed E-state index contributed by atoms with van der Waals surface area (Å²) < 4.78 is 28.7. The van der Waals surface area contributed by atoms with Crippen LogP contribution >= 0.6 is 0 Å². The summed E-state index contributed by atoms with van der Waals surface area (Å²) in [5.74, 6) is -2.93. The van der Waals surface area contributed by atoms with E-state index >= 15 is 0 Å². The molecule has 1 aromatic carbocycles. The average molecular weight is 365 g/mol. The number of aliphatic carboxylic acids is 1. The number of nitrogens with zero attached hydrogens (tertiary/aromatic N) is 2. The molecule has 0 aliphatic rings. The van der Waals surface area contributed by atoms with Gasteiger partial charge in [-0.1, -0.05) is 6.07 Å². The van der Waals surface area contributed by atoms with E-state index in [9.17, 15) is 23.5 Å². The number of hydrogen-bond donors (Lipinski definition) is 2. The Labute approximate surface area is 149 Å². The maximum absolute atomic E-state index is 13.5. The summed E-state index contributed by atoms with van der Waals surface area (Å²) >= 11 is 0. The minimum atomic E-state index is -1.15. The third-order valence-corrected chi connectivity index (χ3v) is 4.06. The molecule has 2 aromatic rings. The first-order valence-corrected chi connectivity index (χ1v) is 8.22. The molecule has 1 heterocycles. The number of carboxylic acid groups (broad SMARTS) is 1. The van der Waals surface area contributed by atoms with E-state index in [4.69, 9.17) is 0 Å². The van der Waals surface area contributed by atoms with Crippen molar-refractivity contribution in [1.82, 2.24) is 15.1 Å². The number of aryl methyl sites for hydroxylation is 2. The van der Waals surface area contributed by atoms with Crippen LogP contribution in [0.3, 0.4) is 0 Å². The maximum Gasteiger partial charge on any atom is 0.326 e.